The van der Waals surface area contributed by atoms with Gasteiger partial charge in [-0.05, 0) is 19.3 Å². The summed E-state index contributed by atoms with van der Waals surface area (Å²) in [5.74, 6) is -1.20. The molecule has 0 radical (unpaired) electrons. The molecule has 1 saturated heterocycles. The summed E-state index contributed by atoms with van der Waals surface area (Å²) >= 11 is 0. The van der Waals surface area contributed by atoms with E-state index in [1.807, 2.05) is 0 Å². The fourth-order valence-electron chi connectivity index (χ4n) is 2.08. The molecule has 0 bridgehead atoms. The van der Waals surface area contributed by atoms with Crippen molar-refractivity contribution >= 4 is 21.9 Å². The lowest BCUT2D eigenvalue weighted by atomic mass is 10.3. The largest absolute Gasteiger partial charge is 0.481 e. The molecule has 0 aromatic carbocycles. The third kappa shape index (κ3) is 5.46. The summed E-state index contributed by atoms with van der Waals surface area (Å²) < 4.78 is 25.3. The Morgan fingerprint density at radius 3 is 2.35 bits per heavy atom. The van der Waals surface area contributed by atoms with Gasteiger partial charge in [0.05, 0.1) is 12.2 Å². The van der Waals surface area contributed by atoms with Crippen LogP contribution < -0.4 is 0 Å². The smallest absolute Gasteiger partial charge is 0.305 e. The number of carboxylic acid groups (broad SMARTS) is 1. The minimum atomic E-state index is -3.24. The Labute approximate surface area is 119 Å². The second-order valence-electron chi connectivity index (χ2n) is 4.98. The second-order valence-corrected chi connectivity index (χ2v) is 7.07. The van der Waals surface area contributed by atoms with Gasteiger partial charge in [0.2, 0.25) is 15.9 Å². The lowest BCUT2D eigenvalue weighted by Gasteiger charge is -2.17. The molecule has 1 aliphatic rings. The summed E-state index contributed by atoms with van der Waals surface area (Å²) in [4.78, 5) is 23.4. The molecule has 0 aliphatic carbocycles. The van der Waals surface area contributed by atoms with E-state index in [0.717, 1.165) is 12.8 Å². The average molecular weight is 306 g/mol. The number of carbonyl (C=O) groups excluding carboxylic acids is 1. The highest BCUT2D eigenvalue weighted by Crippen LogP contribution is 2.14. The molecule has 1 N–H and O–H groups in total. The Morgan fingerprint density at radius 2 is 1.80 bits per heavy atom. The lowest BCUT2D eigenvalue weighted by molar-refractivity contribution is -0.138. The molecular formula is C12H22N2O5S. The first-order chi connectivity index (χ1) is 9.33. The normalized spacial score (nSPS) is 16.2. The fourth-order valence-corrected chi connectivity index (χ4v) is 3.66. The van der Waals surface area contributed by atoms with Crippen molar-refractivity contribution in [3.8, 4) is 0 Å². The van der Waals surface area contributed by atoms with Gasteiger partial charge in [-0.15, -0.1) is 0 Å². The van der Waals surface area contributed by atoms with Crippen LogP contribution in [0.25, 0.3) is 0 Å². The number of carbonyl (C=O) groups is 2. The van der Waals surface area contributed by atoms with Crippen molar-refractivity contribution in [1.29, 1.82) is 0 Å². The van der Waals surface area contributed by atoms with Crippen LogP contribution in [0, 0.1) is 0 Å². The standard InChI is InChI=1S/C12H22N2O5S/c1-13(9-6-12(16)17)11(15)5-4-10-20(18,19)14-7-2-3-8-14/h2-10H2,1H3,(H,16,17). The summed E-state index contributed by atoms with van der Waals surface area (Å²) in [7, 11) is -1.71. The first-order valence-electron chi connectivity index (χ1n) is 6.76. The number of sulfonamides is 1. The van der Waals surface area contributed by atoms with Crippen molar-refractivity contribution in [2.75, 3.05) is 32.4 Å². The SMILES string of the molecule is CN(CCC(=O)O)C(=O)CCCS(=O)(=O)N1CCCC1. The molecule has 0 aromatic rings. The van der Waals surface area contributed by atoms with E-state index in [2.05, 4.69) is 0 Å². The molecule has 0 spiro atoms. The molecule has 1 rings (SSSR count). The van der Waals surface area contributed by atoms with Gasteiger partial charge in [-0.25, -0.2) is 12.7 Å². The van der Waals surface area contributed by atoms with Crippen molar-refractivity contribution in [3.05, 3.63) is 0 Å². The zero-order valence-corrected chi connectivity index (χ0v) is 12.6. The van der Waals surface area contributed by atoms with E-state index in [4.69, 9.17) is 5.11 Å². The summed E-state index contributed by atoms with van der Waals surface area (Å²) in [6, 6.07) is 0. The third-order valence-electron chi connectivity index (χ3n) is 3.34. The Morgan fingerprint density at radius 1 is 1.20 bits per heavy atom. The van der Waals surface area contributed by atoms with Gasteiger partial charge in [0.15, 0.2) is 0 Å². The maximum Gasteiger partial charge on any atom is 0.305 e. The van der Waals surface area contributed by atoms with Crippen LogP contribution in [-0.4, -0.2) is 67.0 Å². The monoisotopic (exact) mass is 306 g/mol. The quantitative estimate of drug-likeness (QED) is 0.687. The van der Waals surface area contributed by atoms with Crippen LogP contribution in [-0.2, 0) is 19.6 Å². The summed E-state index contributed by atoms with van der Waals surface area (Å²) in [5.41, 5.74) is 0. The van der Waals surface area contributed by atoms with E-state index in [1.54, 1.807) is 0 Å². The van der Waals surface area contributed by atoms with Crippen LogP contribution in [0.5, 0.6) is 0 Å². The van der Waals surface area contributed by atoms with Crippen molar-refractivity contribution in [2.45, 2.75) is 32.1 Å². The number of aliphatic carboxylic acids is 1. The summed E-state index contributed by atoms with van der Waals surface area (Å²) in [6.45, 7) is 1.30. The summed E-state index contributed by atoms with van der Waals surface area (Å²) in [6.07, 6.45) is 2.10. The zero-order valence-electron chi connectivity index (χ0n) is 11.7. The van der Waals surface area contributed by atoms with E-state index in [-0.39, 0.29) is 37.5 Å². The molecule has 7 nitrogen and oxygen atoms in total. The van der Waals surface area contributed by atoms with Crippen LogP contribution in [0.1, 0.15) is 32.1 Å². The number of hydrogen-bond acceptors (Lipinski definition) is 4. The van der Waals surface area contributed by atoms with Gasteiger partial charge in [-0.1, -0.05) is 0 Å². The highest BCUT2D eigenvalue weighted by Gasteiger charge is 2.25. The minimum absolute atomic E-state index is 0.0223. The van der Waals surface area contributed by atoms with Crippen LogP contribution in [0.2, 0.25) is 0 Å². The van der Waals surface area contributed by atoms with Crippen LogP contribution in [0.4, 0.5) is 0 Å². The van der Waals surface area contributed by atoms with Crippen molar-refractivity contribution in [2.24, 2.45) is 0 Å². The number of amides is 1. The number of carboxylic acids is 1. The highest BCUT2D eigenvalue weighted by atomic mass is 32.2. The molecule has 0 aromatic heterocycles. The molecule has 116 valence electrons. The molecule has 8 heteroatoms. The maximum atomic E-state index is 11.9. The van der Waals surface area contributed by atoms with Gasteiger partial charge in [0, 0.05) is 33.1 Å². The van der Waals surface area contributed by atoms with Crippen molar-refractivity contribution in [1.82, 2.24) is 9.21 Å². The molecule has 0 unspecified atom stereocenters. The molecule has 1 aliphatic heterocycles. The molecule has 20 heavy (non-hydrogen) atoms. The number of nitrogens with zero attached hydrogens (tertiary/aromatic N) is 2. The van der Waals surface area contributed by atoms with Crippen LogP contribution >= 0.6 is 0 Å². The highest BCUT2D eigenvalue weighted by molar-refractivity contribution is 7.89. The molecular weight excluding hydrogens is 284 g/mol. The maximum absolute atomic E-state index is 11.9. The van der Waals surface area contributed by atoms with E-state index in [1.165, 1.54) is 16.3 Å². The Bertz CT molecular complexity index is 443. The molecule has 1 amide bonds. The topological polar surface area (TPSA) is 95.0 Å². The van der Waals surface area contributed by atoms with Gasteiger partial charge in [0.25, 0.3) is 0 Å². The van der Waals surface area contributed by atoms with Gasteiger partial charge in [-0.2, -0.15) is 0 Å². The van der Waals surface area contributed by atoms with Gasteiger partial charge in [-0.3, -0.25) is 9.59 Å². The van der Waals surface area contributed by atoms with E-state index < -0.39 is 16.0 Å². The van der Waals surface area contributed by atoms with Crippen molar-refractivity contribution in [3.63, 3.8) is 0 Å². The predicted molar refractivity (Wildman–Crippen MR) is 73.7 cm³/mol. The molecule has 1 fully saturated rings. The first-order valence-corrected chi connectivity index (χ1v) is 8.37. The Hall–Kier alpha value is -1.15. The van der Waals surface area contributed by atoms with Gasteiger partial charge < -0.3 is 10.0 Å². The zero-order chi connectivity index (χ0) is 15.2. The van der Waals surface area contributed by atoms with E-state index in [9.17, 15) is 18.0 Å². The van der Waals surface area contributed by atoms with E-state index >= 15 is 0 Å². The second kappa shape index (κ2) is 7.58. The number of hydrogen-bond donors (Lipinski definition) is 1. The van der Waals surface area contributed by atoms with Crippen molar-refractivity contribution < 1.29 is 23.1 Å². The Kier molecular flexibility index (Phi) is 6.41. The van der Waals surface area contributed by atoms with Crippen LogP contribution in [0.3, 0.4) is 0 Å². The third-order valence-corrected chi connectivity index (χ3v) is 5.29. The lowest BCUT2D eigenvalue weighted by Crippen LogP contribution is -2.32. The molecule has 1 heterocycles. The minimum Gasteiger partial charge on any atom is -0.481 e. The molecule has 0 saturated carbocycles. The van der Waals surface area contributed by atoms with Gasteiger partial charge >= 0.3 is 5.97 Å². The molecule has 0 atom stereocenters. The number of rotatable bonds is 8. The Balaban J connectivity index is 2.28. The predicted octanol–water partition coefficient (Wildman–Crippen LogP) is 0.125. The fraction of sp³-hybridized carbons (Fsp3) is 0.833. The first kappa shape index (κ1) is 16.9. The van der Waals surface area contributed by atoms with E-state index in [0.29, 0.717) is 13.1 Å². The average Bonchev–Trinajstić information content (AvgIpc) is 2.90. The van der Waals surface area contributed by atoms with Gasteiger partial charge in [0.1, 0.15) is 0 Å². The summed E-state index contributed by atoms with van der Waals surface area (Å²) in [5, 5.41) is 8.53. The van der Waals surface area contributed by atoms with Crippen LogP contribution in [0.15, 0.2) is 0 Å².